The molecule has 1 aromatic heterocycles. The molecule has 2 aromatic rings. The number of rotatable bonds is 1. The predicted octanol–water partition coefficient (Wildman–Crippen LogP) is 3.52. The van der Waals surface area contributed by atoms with Crippen LogP contribution in [0.25, 0.3) is 11.5 Å². The van der Waals surface area contributed by atoms with Crippen LogP contribution >= 0.6 is 15.9 Å². The zero-order valence-electron chi connectivity index (χ0n) is 7.62. The predicted molar refractivity (Wildman–Crippen MR) is 52.4 cm³/mol. The molecular weight excluding hydrogens is 289 g/mol. The lowest BCUT2D eigenvalue weighted by Crippen LogP contribution is -2.07. The third-order valence-electron chi connectivity index (χ3n) is 1.77. The minimum atomic E-state index is -4.59. The molecule has 0 bridgehead atoms. The van der Waals surface area contributed by atoms with Gasteiger partial charge in [0, 0.05) is 10.0 Å². The molecule has 3 nitrogen and oxygen atoms in total. The van der Waals surface area contributed by atoms with Crippen LogP contribution in [0.4, 0.5) is 13.2 Å². The van der Waals surface area contributed by atoms with E-state index in [2.05, 4.69) is 30.6 Å². The number of halogens is 4. The fourth-order valence-corrected chi connectivity index (χ4v) is 1.31. The van der Waals surface area contributed by atoms with Crippen molar-refractivity contribution in [2.24, 2.45) is 0 Å². The van der Waals surface area contributed by atoms with Crippen molar-refractivity contribution in [2.75, 3.05) is 0 Å². The highest BCUT2D eigenvalue weighted by Gasteiger charge is 2.37. The van der Waals surface area contributed by atoms with Gasteiger partial charge in [0.15, 0.2) is 0 Å². The van der Waals surface area contributed by atoms with Crippen LogP contribution in [0.2, 0.25) is 0 Å². The summed E-state index contributed by atoms with van der Waals surface area (Å²) in [5.41, 5.74) is 0.436. The highest BCUT2D eigenvalue weighted by Crippen LogP contribution is 2.28. The summed E-state index contributed by atoms with van der Waals surface area (Å²) in [6, 6.07) is 6.51. The standard InChI is InChI=1S/C9H4BrF3N2O/c10-6-3-1-5(2-4-6)7-14-8(15-16-7)9(11,12)13/h1-4H. The molecule has 0 aliphatic heterocycles. The van der Waals surface area contributed by atoms with Crippen LogP contribution in [0.3, 0.4) is 0 Å². The normalized spacial score (nSPS) is 11.8. The molecule has 0 aliphatic carbocycles. The molecule has 0 amide bonds. The van der Waals surface area contributed by atoms with Crippen LogP contribution in [0, 0.1) is 0 Å². The molecule has 0 fully saturated rings. The van der Waals surface area contributed by atoms with E-state index in [0.29, 0.717) is 5.56 Å². The minimum Gasteiger partial charge on any atom is -0.334 e. The summed E-state index contributed by atoms with van der Waals surface area (Å²) < 4.78 is 41.9. The first-order valence-corrected chi connectivity index (χ1v) is 4.93. The van der Waals surface area contributed by atoms with E-state index in [4.69, 9.17) is 0 Å². The van der Waals surface area contributed by atoms with Gasteiger partial charge in [-0.3, -0.25) is 0 Å². The van der Waals surface area contributed by atoms with Crippen molar-refractivity contribution >= 4 is 15.9 Å². The summed E-state index contributed by atoms with van der Waals surface area (Å²) in [6.07, 6.45) is -4.59. The fraction of sp³-hybridized carbons (Fsp3) is 0.111. The van der Waals surface area contributed by atoms with E-state index in [1.54, 1.807) is 24.3 Å². The zero-order valence-corrected chi connectivity index (χ0v) is 9.21. The topological polar surface area (TPSA) is 38.9 Å². The van der Waals surface area contributed by atoms with Gasteiger partial charge in [0.05, 0.1) is 0 Å². The molecule has 0 spiro atoms. The maximum atomic E-state index is 12.2. The minimum absolute atomic E-state index is 0.153. The van der Waals surface area contributed by atoms with Gasteiger partial charge in [-0.15, -0.1) is 0 Å². The molecule has 0 unspecified atom stereocenters. The Kier molecular flexibility index (Phi) is 2.71. The van der Waals surface area contributed by atoms with Gasteiger partial charge in [-0.05, 0) is 24.3 Å². The Balaban J connectivity index is 2.35. The summed E-state index contributed by atoms with van der Waals surface area (Å²) in [4.78, 5) is 3.26. The van der Waals surface area contributed by atoms with E-state index < -0.39 is 12.0 Å². The number of aromatic nitrogens is 2. The molecule has 16 heavy (non-hydrogen) atoms. The quantitative estimate of drug-likeness (QED) is 0.807. The third kappa shape index (κ3) is 2.24. The van der Waals surface area contributed by atoms with E-state index in [1.807, 2.05) is 0 Å². The van der Waals surface area contributed by atoms with Gasteiger partial charge in [0.2, 0.25) is 0 Å². The maximum Gasteiger partial charge on any atom is 0.455 e. The summed E-state index contributed by atoms with van der Waals surface area (Å²) in [7, 11) is 0. The second-order valence-corrected chi connectivity index (χ2v) is 3.84. The third-order valence-corrected chi connectivity index (χ3v) is 2.30. The first kappa shape index (κ1) is 11.1. The summed E-state index contributed by atoms with van der Waals surface area (Å²) in [6.45, 7) is 0. The molecule has 1 aromatic carbocycles. The molecule has 2 rings (SSSR count). The lowest BCUT2D eigenvalue weighted by atomic mass is 10.2. The number of hydrogen-bond donors (Lipinski definition) is 0. The summed E-state index contributed by atoms with van der Waals surface area (Å²) in [5.74, 6) is -1.43. The van der Waals surface area contributed by atoms with E-state index in [9.17, 15) is 13.2 Å². The van der Waals surface area contributed by atoms with Crippen molar-refractivity contribution in [2.45, 2.75) is 6.18 Å². The summed E-state index contributed by atoms with van der Waals surface area (Å²) in [5, 5.41) is 2.86. The molecule has 0 radical (unpaired) electrons. The van der Waals surface area contributed by atoms with Crippen LogP contribution in [0.1, 0.15) is 5.82 Å². The van der Waals surface area contributed by atoms with Crippen LogP contribution in [0.5, 0.6) is 0 Å². The van der Waals surface area contributed by atoms with Gasteiger partial charge >= 0.3 is 6.18 Å². The number of nitrogens with zero attached hydrogens (tertiary/aromatic N) is 2. The number of alkyl halides is 3. The van der Waals surface area contributed by atoms with Gasteiger partial charge in [-0.25, -0.2) is 0 Å². The molecule has 0 atom stereocenters. The van der Waals surface area contributed by atoms with Crippen molar-refractivity contribution in [1.29, 1.82) is 0 Å². The Morgan fingerprint density at radius 1 is 1.12 bits per heavy atom. The number of hydrogen-bond acceptors (Lipinski definition) is 3. The van der Waals surface area contributed by atoms with Crippen molar-refractivity contribution in [1.82, 2.24) is 10.1 Å². The van der Waals surface area contributed by atoms with E-state index in [1.165, 1.54) is 0 Å². The molecule has 1 heterocycles. The lowest BCUT2D eigenvalue weighted by molar-refractivity contribution is -0.146. The first-order chi connectivity index (χ1) is 7.47. The summed E-state index contributed by atoms with van der Waals surface area (Å²) >= 11 is 3.21. The molecular formula is C9H4BrF3N2O. The molecule has 0 saturated heterocycles. The molecule has 7 heteroatoms. The second-order valence-electron chi connectivity index (χ2n) is 2.93. The zero-order chi connectivity index (χ0) is 11.8. The van der Waals surface area contributed by atoms with Crippen molar-refractivity contribution in [3.63, 3.8) is 0 Å². The van der Waals surface area contributed by atoms with Crippen molar-refractivity contribution in [3.05, 3.63) is 34.6 Å². The van der Waals surface area contributed by atoms with Crippen LogP contribution in [-0.4, -0.2) is 10.1 Å². The monoisotopic (exact) mass is 292 g/mol. The van der Waals surface area contributed by atoms with Gasteiger partial charge in [-0.1, -0.05) is 21.1 Å². The largest absolute Gasteiger partial charge is 0.455 e. The molecule has 84 valence electrons. The van der Waals surface area contributed by atoms with Crippen LogP contribution < -0.4 is 0 Å². The Morgan fingerprint density at radius 2 is 1.75 bits per heavy atom. The second kappa shape index (κ2) is 3.89. The van der Waals surface area contributed by atoms with Gasteiger partial charge < -0.3 is 4.52 Å². The highest BCUT2D eigenvalue weighted by molar-refractivity contribution is 9.10. The van der Waals surface area contributed by atoms with Gasteiger partial charge in [-0.2, -0.15) is 18.2 Å². The molecule has 0 aliphatic rings. The molecule has 0 N–H and O–H groups in total. The number of benzene rings is 1. The van der Waals surface area contributed by atoms with Crippen molar-refractivity contribution in [3.8, 4) is 11.5 Å². The smallest absolute Gasteiger partial charge is 0.334 e. The lowest BCUT2D eigenvalue weighted by Gasteiger charge is -1.96. The Hall–Kier alpha value is -1.37. The van der Waals surface area contributed by atoms with E-state index >= 15 is 0 Å². The Labute approximate surface area is 96.4 Å². The first-order valence-electron chi connectivity index (χ1n) is 4.13. The Bertz CT molecular complexity index is 492. The van der Waals surface area contributed by atoms with E-state index in [0.717, 1.165) is 4.47 Å². The molecule has 0 saturated carbocycles. The van der Waals surface area contributed by atoms with E-state index in [-0.39, 0.29) is 5.89 Å². The van der Waals surface area contributed by atoms with Crippen LogP contribution in [0.15, 0.2) is 33.3 Å². The SMILES string of the molecule is FC(F)(F)c1noc(-c2ccc(Br)cc2)n1. The van der Waals surface area contributed by atoms with Crippen molar-refractivity contribution < 1.29 is 17.7 Å². The highest BCUT2D eigenvalue weighted by atomic mass is 79.9. The maximum absolute atomic E-state index is 12.2. The van der Waals surface area contributed by atoms with Gasteiger partial charge in [0.25, 0.3) is 11.7 Å². The average molecular weight is 293 g/mol. The Morgan fingerprint density at radius 3 is 2.25 bits per heavy atom. The van der Waals surface area contributed by atoms with Gasteiger partial charge in [0.1, 0.15) is 0 Å². The average Bonchev–Trinajstić information content (AvgIpc) is 2.67. The fourth-order valence-electron chi connectivity index (χ4n) is 1.05. The van der Waals surface area contributed by atoms with Crippen LogP contribution in [-0.2, 0) is 6.18 Å².